The van der Waals surface area contributed by atoms with Crippen LogP contribution in [0.4, 0.5) is 5.69 Å². The van der Waals surface area contributed by atoms with Crippen molar-refractivity contribution in [3.63, 3.8) is 0 Å². The quantitative estimate of drug-likeness (QED) is 0.520. The second-order valence-electron chi connectivity index (χ2n) is 8.69. The fourth-order valence-corrected chi connectivity index (χ4v) is 4.33. The first-order valence-electron chi connectivity index (χ1n) is 11.5. The van der Waals surface area contributed by atoms with Gasteiger partial charge in [0.25, 0.3) is 0 Å². The maximum atomic E-state index is 13.6. The number of nitrogens with one attached hydrogen (secondary N) is 1. The Kier molecular flexibility index (Phi) is 8.46. The molecule has 0 spiro atoms. The lowest BCUT2D eigenvalue weighted by atomic mass is 9.94. The average molecular weight is 453 g/mol. The maximum Gasteiger partial charge on any atom is 0.303 e. The number of benzene rings is 2. The highest BCUT2D eigenvalue weighted by Crippen LogP contribution is 2.31. The van der Waals surface area contributed by atoms with E-state index in [1.165, 1.54) is 17.0 Å². The van der Waals surface area contributed by atoms with Crippen LogP contribution in [-0.4, -0.2) is 34.0 Å². The number of phenolic OH excluding ortho intramolecular Hbond substituents is 1. The van der Waals surface area contributed by atoms with E-state index in [-0.39, 0.29) is 42.9 Å². The Balaban J connectivity index is 1.99. The van der Waals surface area contributed by atoms with Crippen molar-refractivity contribution in [3.05, 3.63) is 59.7 Å². The number of carboxylic acid groups (broad SMARTS) is 1. The third-order valence-corrected chi connectivity index (χ3v) is 6.00. The summed E-state index contributed by atoms with van der Waals surface area (Å²) in [4.78, 5) is 39.5. The van der Waals surface area contributed by atoms with Gasteiger partial charge in [-0.25, -0.2) is 0 Å². The summed E-state index contributed by atoms with van der Waals surface area (Å²) in [6.07, 6.45) is 5.16. The zero-order valence-electron chi connectivity index (χ0n) is 19.0. The summed E-state index contributed by atoms with van der Waals surface area (Å²) in [5.41, 5.74) is 2.09. The normalized spacial score (nSPS) is 14.9. The predicted molar refractivity (Wildman–Crippen MR) is 126 cm³/mol. The van der Waals surface area contributed by atoms with Gasteiger partial charge in [0, 0.05) is 24.6 Å². The summed E-state index contributed by atoms with van der Waals surface area (Å²) in [5.74, 6) is -1.49. The minimum absolute atomic E-state index is 0.00549. The van der Waals surface area contributed by atoms with Gasteiger partial charge in [-0.2, -0.15) is 0 Å². The minimum atomic E-state index is -0.963. The van der Waals surface area contributed by atoms with Gasteiger partial charge in [-0.3, -0.25) is 19.3 Å². The highest BCUT2D eigenvalue weighted by atomic mass is 16.4. The Morgan fingerprint density at radius 1 is 1.03 bits per heavy atom. The van der Waals surface area contributed by atoms with Crippen LogP contribution >= 0.6 is 0 Å². The molecule has 3 rings (SSSR count). The van der Waals surface area contributed by atoms with Gasteiger partial charge in [0.15, 0.2) is 0 Å². The van der Waals surface area contributed by atoms with E-state index >= 15 is 0 Å². The van der Waals surface area contributed by atoms with E-state index in [1.807, 2.05) is 25.1 Å². The van der Waals surface area contributed by atoms with Gasteiger partial charge in [0.05, 0.1) is 0 Å². The van der Waals surface area contributed by atoms with Crippen LogP contribution in [0.15, 0.2) is 48.5 Å². The zero-order chi connectivity index (χ0) is 23.8. The molecule has 1 unspecified atom stereocenters. The third kappa shape index (κ3) is 6.81. The standard InChI is InChI=1S/C26H32N2O5/c1-18-7-5-10-21(17-18)28(23(30)11-6-12-24(31)32)25(19-13-15-22(29)16-14-19)26(33)27-20-8-3-2-4-9-20/h5,7,10,13-17,20,25,29H,2-4,6,8-9,11-12H2,1H3,(H,27,33)(H,31,32). The zero-order valence-corrected chi connectivity index (χ0v) is 19.0. The Hall–Kier alpha value is -3.35. The van der Waals surface area contributed by atoms with Crippen LogP contribution in [0.2, 0.25) is 0 Å². The van der Waals surface area contributed by atoms with E-state index in [0.29, 0.717) is 11.3 Å². The van der Waals surface area contributed by atoms with E-state index in [9.17, 15) is 19.5 Å². The SMILES string of the molecule is Cc1cccc(N(C(=O)CCCC(=O)O)C(C(=O)NC2CCCCC2)c2ccc(O)cc2)c1. The van der Waals surface area contributed by atoms with Gasteiger partial charge in [0.1, 0.15) is 11.8 Å². The number of aromatic hydroxyl groups is 1. The molecule has 3 N–H and O–H groups in total. The number of nitrogens with zero attached hydrogens (tertiary/aromatic N) is 1. The number of phenols is 1. The van der Waals surface area contributed by atoms with Crippen LogP contribution < -0.4 is 10.2 Å². The highest BCUT2D eigenvalue weighted by molar-refractivity contribution is 6.01. The molecule has 1 aliphatic carbocycles. The van der Waals surface area contributed by atoms with Gasteiger partial charge in [0.2, 0.25) is 11.8 Å². The number of anilines is 1. The van der Waals surface area contributed by atoms with E-state index in [0.717, 1.165) is 37.7 Å². The molecule has 0 aromatic heterocycles. The van der Waals surface area contributed by atoms with Gasteiger partial charge in [-0.15, -0.1) is 0 Å². The van der Waals surface area contributed by atoms with Crippen molar-refractivity contribution in [1.29, 1.82) is 0 Å². The number of hydrogen-bond donors (Lipinski definition) is 3. The first-order valence-corrected chi connectivity index (χ1v) is 11.5. The number of amides is 2. The van der Waals surface area contributed by atoms with Crippen LogP contribution in [0.3, 0.4) is 0 Å². The average Bonchev–Trinajstić information content (AvgIpc) is 2.78. The van der Waals surface area contributed by atoms with Crippen molar-refractivity contribution < 1.29 is 24.6 Å². The molecule has 2 aromatic carbocycles. The molecule has 1 atom stereocenters. The first-order chi connectivity index (χ1) is 15.8. The lowest BCUT2D eigenvalue weighted by Crippen LogP contribution is -2.47. The number of carboxylic acids is 1. The van der Waals surface area contributed by atoms with Crippen molar-refractivity contribution in [2.75, 3.05) is 4.90 Å². The Labute approximate surface area is 194 Å². The second kappa shape index (κ2) is 11.5. The van der Waals surface area contributed by atoms with Crippen LogP contribution in [-0.2, 0) is 14.4 Å². The van der Waals surface area contributed by atoms with Crippen LogP contribution in [0.25, 0.3) is 0 Å². The first kappa shape index (κ1) is 24.3. The molecule has 0 saturated heterocycles. The van der Waals surface area contributed by atoms with Crippen molar-refractivity contribution in [1.82, 2.24) is 5.32 Å². The number of aliphatic carboxylic acids is 1. The monoisotopic (exact) mass is 452 g/mol. The summed E-state index contributed by atoms with van der Waals surface area (Å²) in [7, 11) is 0. The lowest BCUT2D eigenvalue weighted by Gasteiger charge is -2.33. The van der Waals surface area contributed by atoms with Crippen LogP contribution in [0.5, 0.6) is 5.75 Å². The Bertz CT molecular complexity index is 967. The summed E-state index contributed by atoms with van der Waals surface area (Å²) in [6.45, 7) is 1.91. The van der Waals surface area contributed by atoms with Crippen LogP contribution in [0.1, 0.15) is 68.5 Å². The van der Waals surface area contributed by atoms with Crippen molar-refractivity contribution in [3.8, 4) is 5.75 Å². The fourth-order valence-electron chi connectivity index (χ4n) is 4.33. The molecule has 1 aliphatic rings. The van der Waals surface area contributed by atoms with E-state index in [4.69, 9.17) is 5.11 Å². The smallest absolute Gasteiger partial charge is 0.303 e. The second-order valence-corrected chi connectivity index (χ2v) is 8.69. The molecule has 7 nitrogen and oxygen atoms in total. The number of carbonyl (C=O) groups excluding carboxylic acids is 2. The summed E-state index contributed by atoms with van der Waals surface area (Å²) in [5, 5.41) is 21.9. The van der Waals surface area contributed by atoms with Gasteiger partial charge >= 0.3 is 5.97 Å². The molecule has 1 saturated carbocycles. The molecule has 0 heterocycles. The number of carbonyl (C=O) groups is 3. The van der Waals surface area contributed by atoms with E-state index in [1.54, 1.807) is 18.2 Å². The van der Waals surface area contributed by atoms with Crippen molar-refractivity contribution >= 4 is 23.5 Å². The minimum Gasteiger partial charge on any atom is -0.508 e. The molecular formula is C26H32N2O5. The van der Waals surface area contributed by atoms with Crippen molar-refractivity contribution in [2.24, 2.45) is 0 Å². The van der Waals surface area contributed by atoms with E-state index in [2.05, 4.69) is 5.32 Å². The predicted octanol–water partition coefficient (Wildman–Crippen LogP) is 4.48. The lowest BCUT2D eigenvalue weighted by molar-refractivity contribution is -0.137. The van der Waals surface area contributed by atoms with Crippen molar-refractivity contribution in [2.45, 2.75) is 70.4 Å². The number of hydrogen-bond acceptors (Lipinski definition) is 4. The van der Waals surface area contributed by atoms with Gasteiger partial charge in [-0.1, -0.05) is 43.5 Å². The molecule has 176 valence electrons. The fraction of sp³-hybridized carbons (Fsp3) is 0.423. The number of rotatable bonds is 9. The molecule has 1 fully saturated rings. The largest absolute Gasteiger partial charge is 0.508 e. The highest BCUT2D eigenvalue weighted by Gasteiger charge is 2.34. The summed E-state index contributed by atoms with van der Waals surface area (Å²) >= 11 is 0. The molecule has 2 aromatic rings. The number of aryl methyl sites for hydroxylation is 1. The molecule has 2 amide bonds. The topological polar surface area (TPSA) is 107 Å². The third-order valence-electron chi connectivity index (χ3n) is 6.00. The summed E-state index contributed by atoms with van der Waals surface area (Å²) in [6, 6.07) is 12.8. The molecule has 0 bridgehead atoms. The summed E-state index contributed by atoms with van der Waals surface area (Å²) < 4.78 is 0. The molecule has 0 aliphatic heterocycles. The maximum absolute atomic E-state index is 13.6. The molecular weight excluding hydrogens is 420 g/mol. The molecule has 0 radical (unpaired) electrons. The Morgan fingerprint density at radius 3 is 2.36 bits per heavy atom. The van der Waals surface area contributed by atoms with Gasteiger partial charge in [-0.05, 0) is 61.6 Å². The van der Waals surface area contributed by atoms with E-state index < -0.39 is 12.0 Å². The molecule has 7 heteroatoms. The van der Waals surface area contributed by atoms with Crippen LogP contribution in [0, 0.1) is 6.92 Å². The Morgan fingerprint density at radius 2 is 1.73 bits per heavy atom. The van der Waals surface area contributed by atoms with Gasteiger partial charge < -0.3 is 15.5 Å². The molecule has 33 heavy (non-hydrogen) atoms.